The second-order valence-electron chi connectivity index (χ2n) is 6.72. The molecule has 0 bridgehead atoms. The van der Waals surface area contributed by atoms with Gasteiger partial charge < -0.3 is 10.1 Å². The Morgan fingerprint density at radius 3 is 2.77 bits per heavy atom. The molecular formula is C22H24ClN3O3S. The van der Waals surface area contributed by atoms with Crippen molar-refractivity contribution in [3.8, 4) is 11.4 Å². The van der Waals surface area contributed by atoms with Gasteiger partial charge in [-0.05, 0) is 36.8 Å². The first kappa shape index (κ1) is 22.2. The number of para-hydroxylation sites is 1. The van der Waals surface area contributed by atoms with Crippen LogP contribution in [0.3, 0.4) is 0 Å². The standard InChI is InChI=1S/C22H24ClN3O3S/c1-3-4-7-12-24-20(27)14-30-22-25-18-9-6-5-8-16(18)21(28)26(22)15-10-11-19(29-2)17(23)13-15/h5-6,8-11,13H,3-4,7,12,14H2,1-2H3,(H,24,27). The highest BCUT2D eigenvalue weighted by Gasteiger charge is 2.16. The van der Waals surface area contributed by atoms with E-state index in [1.807, 2.05) is 6.07 Å². The number of rotatable bonds is 9. The van der Waals surface area contributed by atoms with Crippen LogP contribution in [0.15, 0.2) is 52.4 Å². The molecular weight excluding hydrogens is 422 g/mol. The number of ether oxygens (including phenoxy) is 1. The maximum atomic E-state index is 13.2. The van der Waals surface area contributed by atoms with E-state index in [0.717, 1.165) is 19.3 Å². The van der Waals surface area contributed by atoms with Gasteiger partial charge in [0.2, 0.25) is 5.91 Å². The Kier molecular flexibility index (Phi) is 7.76. The van der Waals surface area contributed by atoms with E-state index in [4.69, 9.17) is 16.3 Å². The largest absolute Gasteiger partial charge is 0.495 e. The summed E-state index contributed by atoms with van der Waals surface area (Å²) in [5.74, 6) is 0.599. The molecule has 0 aliphatic rings. The third-order valence-corrected chi connectivity index (χ3v) is 5.81. The van der Waals surface area contributed by atoms with Gasteiger partial charge >= 0.3 is 0 Å². The quantitative estimate of drug-likeness (QED) is 0.299. The fraction of sp³-hybridized carbons (Fsp3) is 0.318. The first-order chi connectivity index (χ1) is 14.5. The summed E-state index contributed by atoms with van der Waals surface area (Å²) in [7, 11) is 1.53. The van der Waals surface area contributed by atoms with Crippen LogP contribution in [0.5, 0.6) is 5.75 Å². The van der Waals surface area contributed by atoms with E-state index in [-0.39, 0.29) is 17.2 Å². The summed E-state index contributed by atoms with van der Waals surface area (Å²) in [5, 5.41) is 4.23. The van der Waals surface area contributed by atoms with Crippen molar-refractivity contribution in [1.29, 1.82) is 0 Å². The molecule has 1 aromatic heterocycles. The molecule has 1 heterocycles. The Morgan fingerprint density at radius 1 is 1.23 bits per heavy atom. The molecule has 0 fully saturated rings. The van der Waals surface area contributed by atoms with Crippen molar-refractivity contribution in [2.45, 2.75) is 31.3 Å². The number of amides is 1. The van der Waals surface area contributed by atoms with Crippen molar-refractivity contribution in [2.75, 3.05) is 19.4 Å². The first-order valence-electron chi connectivity index (χ1n) is 9.80. The average molecular weight is 446 g/mol. The number of methoxy groups -OCH3 is 1. The van der Waals surface area contributed by atoms with E-state index in [0.29, 0.717) is 39.1 Å². The number of thioether (sulfide) groups is 1. The zero-order valence-corrected chi connectivity index (χ0v) is 18.6. The number of halogens is 1. The summed E-state index contributed by atoms with van der Waals surface area (Å²) >= 11 is 7.51. The minimum Gasteiger partial charge on any atom is -0.495 e. The Balaban J connectivity index is 1.94. The summed E-state index contributed by atoms with van der Waals surface area (Å²) in [6, 6.07) is 12.3. The molecule has 0 unspecified atom stereocenters. The van der Waals surface area contributed by atoms with Gasteiger partial charge in [0.15, 0.2) is 5.16 Å². The lowest BCUT2D eigenvalue weighted by molar-refractivity contribution is -0.118. The van der Waals surface area contributed by atoms with Gasteiger partial charge in [0.05, 0.1) is 34.5 Å². The maximum absolute atomic E-state index is 13.2. The van der Waals surface area contributed by atoms with E-state index in [9.17, 15) is 9.59 Å². The van der Waals surface area contributed by atoms with Crippen molar-refractivity contribution in [3.05, 3.63) is 57.8 Å². The zero-order valence-electron chi connectivity index (χ0n) is 17.0. The molecule has 3 aromatic rings. The van der Waals surface area contributed by atoms with E-state index >= 15 is 0 Å². The van der Waals surface area contributed by atoms with E-state index < -0.39 is 0 Å². The van der Waals surface area contributed by atoms with E-state index in [1.165, 1.54) is 23.4 Å². The van der Waals surface area contributed by atoms with Gasteiger partial charge in [-0.3, -0.25) is 14.2 Å². The van der Waals surface area contributed by atoms with Crippen molar-refractivity contribution >= 4 is 40.2 Å². The number of hydrogen-bond donors (Lipinski definition) is 1. The van der Waals surface area contributed by atoms with Crippen LogP contribution < -0.4 is 15.6 Å². The third kappa shape index (κ3) is 5.15. The van der Waals surface area contributed by atoms with Crippen LogP contribution in [0.4, 0.5) is 0 Å². The molecule has 8 heteroatoms. The SMILES string of the molecule is CCCCCNC(=O)CSc1nc2ccccc2c(=O)n1-c1ccc(OC)c(Cl)c1. The topological polar surface area (TPSA) is 73.2 Å². The lowest BCUT2D eigenvalue weighted by Crippen LogP contribution is -2.27. The number of aromatic nitrogens is 2. The van der Waals surface area contributed by atoms with Crippen LogP contribution in [0.2, 0.25) is 5.02 Å². The van der Waals surface area contributed by atoms with Gasteiger partial charge in [-0.25, -0.2) is 4.98 Å². The number of benzene rings is 2. The fourth-order valence-corrected chi connectivity index (χ4v) is 4.11. The molecule has 3 rings (SSSR count). The van der Waals surface area contributed by atoms with Gasteiger partial charge in [-0.15, -0.1) is 0 Å². The number of hydrogen-bond acceptors (Lipinski definition) is 5. The summed E-state index contributed by atoms with van der Waals surface area (Å²) in [4.78, 5) is 30.1. The molecule has 2 aromatic carbocycles. The lowest BCUT2D eigenvalue weighted by Gasteiger charge is -2.14. The van der Waals surface area contributed by atoms with Gasteiger partial charge in [-0.1, -0.05) is 55.3 Å². The van der Waals surface area contributed by atoms with Gasteiger partial charge in [-0.2, -0.15) is 0 Å². The van der Waals surface area contributed by atoms with Gasteiger partial charge in [0, 0.05) is 6.54 Å². The van der Waals surface area contributed by atoms with Crippen LogP contribution in [0.25, 0.3) is 16.6 Å². The molecule has 0 aliphatic carbocycles. The molecule has 0 saturated carbocycles. The number of nitrogens with one attached hydrogen (secondary N) is 1. The van der Waals surface area contributed by atoms with E-state index in [2.05, 4.69) is 17.2 Å². The predicted molar refractivity (Wildman–Crippen MR) is 122 cm³/mol. The maximum Gasteiger partial charge on any atom is 0.266 e. The van der Waals surface area contributed by atoms with Gasteiger partial charge in [0.1, 0.15) is 5.75 Å². The van der Waals surface area contributed by atoms with E-state index in [1.54, 1.807) is 36.4 Å². The normalized spacial score (nSPS) is 10.9. The van der Waals surface area contributed by atoms with Crippen LogP contribution in [-0.4, -0.2) is 34.9 Å². The molecule has 0 aliphatic heterocycles. The van der Waals surface area contributed by atoms with Crippen LogP contribution >= 0.6 is 23.4 Å². The molecule has 30 heavy (non-hydrogen) atoms. The predicted octanol–water partition coefficient (Wildman–Crippen LogP) is 4.45. The average Bonchev–Trinajstić information content (AvgIpc) is 2.75. The number of carbonyl (C=O) groups is 1. The Bertz CT molecular complexity index is 1100. The number of fused-ring (bicyclic) bond motifs is 1. The van der Waals surface area contributed by atoms with Crippen LogP contribution in [0, 0.1) is 0 Å². The first-order valence-corrected chi connectivity index (χ1v) is 11.2. The molecule has 0 radical (unpaired) electrons. The van der Waals surface area contributed by atoms with Gasteiger partial charge in [0.25, 0.3) is 5.56 Å². The molecule has 158 valence electrons. The van der Waals surface area contributed by atoms with Crippen molar-refractivity contribution in [2.24, 2.45) is 0 Å². The molecule has 0 atom stereocenters. The van der Waals surface area contributed by atoms with Crippen molar-refractivity contribution in [3.63, 3.8) is 0 Å². The minimum atomic E-state index is -0.215. The molecule has 1 N–H and O–H groups in total. The number of unbranched alkanes of at least 4 members (excludes halogenated alkanes) is 2. The third-order valence-electron chi connectivity index (χ3n) is 4.57. The zero-order chi connectivity index (χ0) is 21.5. The second-order valence-corrected chi connectivity index (χ2v) is 8.07. The smallest absolute Gasteiger partial charge is 0.266 e. The highest BCUT2D eigenvalue weighted by molar-refractivity contribution is 7.99. The number of carbonyl (C=O) groups excluding carboxylic acids is 1. The summed E-state index contributed by atoms with van der Waals surface area (Å²) < 4.78 is 6.70. The monoisotopic (exact) mass is 445 g/mol. The summed E-state index contributed by atoms with van der Waals surface area (Å²) in [5.41, 5.74) is 0.937. The van der Waals surface area contributed by atoms with Crippen LogP contribution in [0.1, 0.15) is 26.2 Å². The Hall–Kier alpha value is -2.51. The second kappa shape index (κ2) is 10.5. The van der Waals surface area contributed by atoms with Crippen molar-refractivity contribution < 1.29 is 9.53 Å². The molecule has 1 amide bonds. The van der Waals surface area contributed by atoms with Crippen LogP contribution in [-0.2, 0) is 4.79 Å². The Morgan fingerprint density at radius 2 is 2.03 bits per heavy atom. The summed E-state index contributed by atoms with van der Waals surface area (Å²) in [6.07, 6.45) is 3.13. The lowest BCUT2D eigenvalue weighted by atomic mass is 10.2. The highest BCUT2D eigenvalue weighted by Crippen LogP contribution is 2.28. The molecule has 6 nitrogen and oxygen atoms in total. The molecule has 0 saturated heterocycles. The summed E-state index contributed by atoms with van der Waals surface area (Å²) in [6.45, 7) is 2.77. The molecule has 0 spiro atoms. The fourth-order valence-electron chi connectivity index (χ4n) is 3.02. The minimum absolute atomic E-state index is 0.0853. The highest BCUT2D eigenvalue weighted by atomic mass is 35.5. The Labute approximate surface area is 184 Å². The van der Waals surface area contributed by atoms with Crippen molar-refractivity contribution in [1.82, 2.24) is 14.9 Å². The number of nitrogens with zero attached hydrogens (tertiary/aromatic N) is 2.